The highest BCUT2D eigenvalue weighted by Crippen LogP contribution is 2.53. The molecule has 2 aromatic rings. The minimum Gasteiger partial charge on any atom is -0.334 e. The minimum absolute atomic E-state index is 0.0414. The summed E-state index contributed by atoms with van der Waals surface area (Å²) in [5, 5.41) is 13.4. The van der Waals surface area contributed by atoms with Gasteiger partial charge in [-0.1, -0.05) is 23.7 Å². The molecule has 0 aromatic heterocycles. The van der Waals surface area contributed by atoms with Crippen molar-refractivity contribution in [1.29, 1.82) is 5.26 Å². The van der Waals surface area contributed by atoms with Crippen molar-refractivity contribution in [2.75, 3.05) is 5.01 Å². The molecule has 2 aliphatic rings. The Labute approximate surface area is 217 Å². The normalized spacial score (nSPS) is 17.0. The van der Waals surface area contributed by atoms with Gasteiger partial charge < -0.3 is 10.7 Å². The second-order valence-electron chi connectivity index (χ2n) is 9.10. The molecule has 1 saturated carbocycles. The number of carbonyl (C=O) groups excluding carboxylic acids is 1. The van der Waals surface area contributed by atoms with E-state index in [0.29, 0.717) is 30.7 Å². The first-order valence-electron chi connectivity index (χ1n) is 11.0. The molecule has 1 aliphatic carbocycles. The Hall–Kier alpha value is -3.50. The van der Waals surface area contributed by atoms with Crippen molar-refractivity contribution >= 4 is 28.9 Å². The van der Waals surface area contributed by atoms with E-state index in [-0.39, 0.29) is 33.0 Å². The van der Waals surface area contributed by atoms with Gasteiger partial charge in [-0.15, -0.1) is 5.53 Å². The number of nitrogens with zero attached hydrogens (tertiary/aromatic N) is 2. The molecule has 0 spiro atoms. The van der Waals surface area contributed by atoms with E-state index < -0.39 is 35.0 Å². The van der Waals surface area contributed by atoms with Crippen LogP contribution in [0.3, 0.4) is 0 Å². The van der Waals surface area contributed by atoms with E-state index in [2.05, 4.69) is 16.3 Å². The molecule has 0 saturated heterocycles. The molecule has 1 amide bonds. The minimum atomic E-state index is -6.22. The molecule has 1 heterocycles. The van der Waals surface area contributed by atoms with Crippen LogP contribution >= 0.6 is 11.6 Å². The molecule has 0 unspecified atom stereocenters. The van der Waals surface area contributed by atoms with E-state index in [1.54, 1.807) is 6.07 Å². The molecule has 0 radical (unpaired) electrons. The highest BCUT2D eigenvalue weighted by atomic mass is 35.5. The van der Waals surface area contributed by atoms with Crippen LogP contribution in [-0.4, -0.2) is 23.8 Å². The van der Waals surface area contributed by atoms with E-state index in [1.165, 1.54) is 37.2 Å². The lowest BCUT2D eigenvalue weighted by Crippen LogP contribution is -2.50. The third-order valence-electron chi connectivity index (χ3n) is 6.34. The molecular formula is C24H19ClF7N5O. The molecule has 0 atom stereocenters. The van der Waals surface area contributed by atoms with Crippen LogP contribution in [0.2, 0.25) is 5.02 Å². The van der Waals surface area contributed by atoms with Crippen LogP contribution in [0.5, 0.6) is 0 Å². The quantitative estimate of drug-likeness (QED) is 0.399. The van der Waals surface area contributed by atoms with E-state index in [4.69, 9.17) is 11.6 Å². The Bertz CT molecular complexity index is 1340. The Kier molecular flexibility index (Phi) is 6.56. The largest absolute Gasteiger partial charge is 0.435 e. The molecule has 14 heteroatoms. The van der Waals surface area contributed by atoms with Gasteiger partial charge >= 0.3 is 18.0 Å². The van der Waals surface area contributed by atoms with Gasteiger partial charge in [-0.2, -0.15) is 31.6 Å². The van der Waals surface area contributed by atoms with Crippen LogP contribution in [0.1, 0.15) is 45.5 Å². The smallest absolute Gasteiger partial charge is 0.334 e. The Morgan fingerprint density at radius 2 is 1.63 bits per heavy atom. The number of carbonyl (C=O) groups is 1. The van der Waals surface area contributed by atoms with Gasteiger partial charge in [0.05, 0.1) is 28.0 Å². The van der Waals surface area contributed by atoms with Crippen molar-refractivity contribution in [1.82, 2.24) is 16.3 Å². The molecule has 6 nitrogen and oxygen atoms in total. The first kappa shape index (κ1) is 27.5. The zero-order valence-corrected chi connectivity index (χ0v) is 20.5. The average molecular weight is 562 g/mol. The van der Waals surface area contributed by atoms with Crippen molar-refractivity contribution in [2.24, 2.45) is 0 Å². The second kappa shape index (κ2) is 9.06. The number of halogens is 8. The predicted octanol–water partition coefficient (Wildman–Crippen LogP) is 5.86. The number of aryl methyl sites for hydroxylation is 2. The molecule has 1 aliphatic heterocycles. The van der Waals surface area contributed by atoms with E-state index in [1.807, 2.05) is 6.07 Å². The Morgan fingerprint density at radius 3 is 2.13 bits per heavy atom. The first-order chi connectivity index (χ1) is 17.5. The molecule has 0 bridgehead atoms. The third-order valence-corrected chi connectivity index (χ3v) is 6.67. The molecule has 2 aromatic carbocycles. The first-order valence-corrected chi connectivity index (χ1v) is 11.4. The SMILES string of the molecule is Cc1cc(C(F)(C(F)(F)F)C(F)(F)F)cc(C)c1C1=CN(c2ccc(Cl)c(C(=O)NC3(C#N)CC3)c2)NN1. The van der Waals surface area contributed by atoms with Gasteiger partial charge in [0.25, 0.3) is 5.91 Å². The van der Waals surface area contributed by atoms with Crippen molar-refractivity contribution in [3.63, 3.8) is 0 Å². The van der Waals surface area contributed by atoms with E-state index >= 15 is 0 Å². The maximum Gasteiger partial charge on any atom is 0.435 e. The number of hydrogen-bond donors (Lipinski definition) is 3. The number of hydrazine groups is 2. The fraction of sp³-hybridized carbons (Fsp3) is 0.333. The summed E-state index contributed by atoms with van der Waals surface area (Å²) >= 11 is 6.17. The molecule has 38 heavy (non-hydrogen) atoms. The van der Waals surface area contributed by atoms with E-state index in [0.717, 1.165) is 0 Å². The lowest BCUT2D eigenvalue weighted by molar-refractivity contribution is -0.348. The third kappa shape index (κ3) is 4.63. The van der Waals surface area contributed by atoms with Crippen LogP contribution < -0.4 is 21.3 Å². The fourth-order valence-corrected chi connectivity index (χ4v) is 4.37. The fourth-order valence-electron chi connectivity index (χ4n) is 4.17. The number of benzene rings is 2. The van der Waals surface area contributed by atoms with Crippen LogP contribution in [0.15, 0.2) is 36.5 Å². The zero-order valence-electron chi connectivity index (χ0n) is 19.7. The van der Waals surface area contributed by atoms with Crippen molar-refractivity contribution in [3.05, 3.63) is 69.4 Å². The van der Waals surface area contributed by atoms with Crippen LogP contribution in [0, 0.1) is 25.2 Å². The Balaban J connectivity index is 1.66. The van der Waals surface area contributed by atoms with Gasteiger partial charge in [0.2, 0.25) is 0 Å². The summed E-state index contributed by atoms with van der Waals surface area (Å²) in [5.74, 6) is -0.557. The number of nitriles is 1. The summed E-state index contributed by atoms with van der Waals surface area (Å²) in [4.78, 5) is 12.7. The van der Waals surface area contributed by atoms with Crippen LogP contribution in [0.4, 0.5) is 36.4 Å². The summed E-state index contributed by atoms with van der Waals surface area (Å²) in [7, 11) is 0. The number of nitrogens with one attached hydrogen (secondary N) is 3. The van der Waals surface area contributed by atoms with Gasteiger partial charge in [-0.3, -0.25) is 9.80 Å². The Morgan fingerprint density at radius 1 is 1.05 bits per heavy atom. The number of alkyl halides is 7. The maximum atomic E-state index is 14.6. The number of rotatable bonds is 5. The maximum absolute atomic E-state index is 14.6. The summed E-state index contributed by atoms with van der Waals surface area (Å²) in [5.41, 5.74) is -1.61. The molecule has 3 N–H and O–H groups in total. The van der Waals surface area contributed by atoms with Crippen LogP contribution in [0.25, 0.3) is 5.70 Å². The van der Waals surface area contributed by atoms with E-state index in [9.17, 15) is 40.8 Å². The average Bonchev–Trinajstić information content (AvgIpc) is 3.42. The topological polar surface area (TPSA) is 80.2 Å². The van der Waals surface area contributed by atoms with Gasteiger partial charge in [0, 0.05) is 17.3 Å². The molecule has 1 fully saturated rings. The highest BCUT2D eigenvalue weighted by Gasteiger charge is 2.73. The zero-order chi connectivity index (χ0) is 28.3. The summed E-state index contributed by atoms with van der Waals surface area (Å²) in [6, 6.07) is 7.51. The lowest BCUT2D eigenvalue weighted by Gasteiger charge is -2.31. The van der Waals surface area contributed by atoms with Gasteiger partial charge in [0.15, 0.2) is 0 Å². The van der Waals surface area contributed by atoms with Crippen LogP contribution in [-0.2, 0) is 5.67 Å². The monoisotopic (exact) mass is 561 g/mol. The predicted molar refractivity (Wildman–Crippen MR) is 124 cm³/mol. The van der Waals surface area contributed by atoms with Crippen molar-refractivity contribution in [2.45, 2.75) is 50.2 Å². The highest BCUT2D eigenvalue weighted by molar-refractivity contribution is 6.34. The summed E-state index contributed by atoms with van der Waals surface area (Å²) in [6.07, 6.45) is -9.96. The molecule has 4 rings (SSSR count). The second-order valence-corrected chi connectivity index (χ2v) is 9.51. The number of anilines is 1. The molecular weight excluding hydrogens is 543 g/mol. The number of amides is 1. The van der Waals surface area contributed by atoms with Crippen molar-refractivity contribution in [3.8, 4) is 6.07 Å². The standard InChI is InChI=1S/C24H19ClF7N5O/c1-12-7-14(22(26,23(27,28)29)24(30,31)32)8-13(2)19(12)18-10-37(36-35-18)15-3-4-17(25)16(9-15)20(38)34-21(11-33)5-6-21/h3-4,7-10,35-36H,5-6H2,1-2H3,(H,34,38). The molecule has 202 valence electrons. The van der Waals surface area contributed by atoms with Gasteiger partial charge in [-0.25, -0.2) is 4.39 Å². The van der Waals surface area contributed by atoms with Crippen molar-refractivity contribution < 1.29 is 35.5 Å². The van der Waals surface area contributed by atoms with Gasteiger partial charge in [-0.05, 0) is 56.0 Å². The van der Waals surface area contributed by atoms with Gasteiger partial charge in [0.1, 0.15) is 5.54 Å². The number of hydrogen-bond acceptors (Lipinski definition) is 5. The summed E-state index contributed by atoms with van der Waals surface area (Å²) in [6.45, 7) is 2.52. The lowest BCUT2D eigenvalue weighted by atomic mass is 9.88. The summed E-state index contributed by atoms with van der Waals surface area (Å²) < 4.78 is 94.0.